The first-order chi connectivity index (χ1) is 6.86. The molecule has 0 amide bonds. The normalized spacial score (nSPS) is 13.4. The van der Waals surface area contributed by atoms with E-state index in [1.54, 1.807) is 16.4 Å². The van der Waals surface area contributed by atoms with Gasteiger partial charge in [0.2, 0.25) is 0 Å². The van der Waals surface area contributed by atoms with E-state index in [9.17, 15) is 0 Å². The predicted molar refractivity (Wildman–Crippen MR) is 48.7 cm³/mol. The predicted octanol–water partition coefficient (Wildman–Crippen LogP) is -0.360. The van der Waals surface area contributed by atoms with Crippen LogP contribution in [0, 0.1) is 0 Å². The lowest BCUT2D eigenvalue weighted by Crippen LogP contribution is -2.13. The second-order valence-corrected chi connectivity index (χ2v) is 3.67. The summed E-state index contributed by atoms with van der Waals surface area (Å²) < 4.78 is 1.58. The van der Waals surface area contributed by atoms with E-state index in [1.807, 2.05) is 0 Å². The summed E-state index contributed by atoms with van der Waals surface area (Å²) in [6.45, 7) is 0. The molecule has 0 radical (unpaired) electrons. The van der Waals surface area contributed by atoms with E-state index in [0.29, 0.717) is 17.3 Å². The zero-order valence-electron chi connectivity index (χ0n) is 6.95. The highest BCUT2D eigenvalue weighted by molar-refractivity contribution is 7.98. The Hall–Kier alpha value is -1.70. The number of hydrogen-bond acceptors (Lipinski definition) is 7. The molecule has 0 atom stereocenters. The lowest BCUT2D eigenvalue weighted by molar-refractivity contribution is 0.746. The molecule has 0 saturated heterocycles. The minimum absolute atomic E-state index is 0.399. The average molecular weight is 207 g/mol. The SMILES string of the molecule is Nc1ncnc2c1-n1nnnc1CS2. The third-order valence-corrected chi connectivity index (χ3v) is 2.88. The lowest BCUT2D eigenvalue weighted by atomic mass is 10.4. The second-order valence-electron chi connectivity index (χ2n) is 2.71. The summed E-state index contributed by atoms with van der Waals surface area (Å²) in [5, 5.41) is 12.1. The number of tetrazole rings is 1. The number of hydrogen-bond donors (Lipinski definition) is 1. The van der Waals surface area contributed by atoms with Crippen LogP contribution in [-0.4, -0.2) is 30.2 Å². The molecular weight excluding hydrogens is 202 g/mol. The first kappa shape index (κ1) is 7.68. The van der Waals surface area contributed by atoms with Gasteiger partial charge in [0.25, 0.3) is 0 Å². The molecule has 0 unspecified atom stereocenters. The van der Waals surface area contributed by atoms with Gasteiger partial charge < -0.3 is 5.73 Å². The number of aromatic nitrogens is 6. The number of nitrogens with two attached hydrogens (primary N) is 1. The molecule has 2 N–H and O–H groups in total. The van der Waals surface area contributed by atoms with Crippen molar-refractivity contribution in [1.82, 2.24) is 30.2 Å². The van der Waals surface area contributed by atoms with Crippen molar-refractivity contribution in [1.29, 1.82) is 0 Å². The van der Waals surface area contributed by atoms with Gasteiger partial charge in [-0.1, -0.05) is 11.8 Å². The largest absolute Gasteiger partial charge is 0.382 e. The molecule has 7 nitrogen and oxygen atoms in total. The van der Waals surface area contributed by atoms with Gasteiger partial charge in [-0.2, -0.15) is 4.68 Å². The highest BCUT2D eigenvalue weighted by atomic mass is 32.2. The summed E-state index contributed by atoms with van der Waals surface area (Å²) in [5.41, 5.74) is 6.42. The highest BCUT2D eigenvalue weighted by Crippen LogP contribution is 2.33. The van der Waals surface area contributed by atoms with Gasteiger partial charge in [-0.25, -0.2) is 9.97 Å². The Kier molecular flexibility index (Phi) is 1.45. The number of anilines is 1. The zero-order chi connectivity index (χ0) is 9.54. The van der Waals surface area contributed by atoms with Gasteiger partial charge in [0.1, 0.15) is 17.0 Å². The van der Waals surface area contributed by atoms with Crippen molar-refractivity contribution in [2.75, 3.05) is 5.73 Å². The Bertz CT molecular complexity index is 493. The number of rotatable bonds is 0. The van der Waals surface area contributed by atoms with Crippen LogP contribution in [0.3, 0.4) is 0 Å². The van der Waals surface area contributed by atoms with Crippen LogP contribution in [0.4, 0.5) is 5.82 Å². The van der Waals surface area contributed by atoms with Gasteiger partial charge in [0.15, 0.2) is 11.6 Å². The molecule has 0 bridgehead atoms. The molecule has 1 aliphatic rings. The number of nitrogens with zero attached hydrogens (tertiary/aromatic N) is 6. The molecule has 8 heteroatoms. The molecule has 2 aromatic heterocycles. The molecule has 1 aliphatic heterocycles. The van der Waals surface area contributed by atoms with Crippen LogP contribution >= 0.6 is 11.8 Å². The Morgan fingerprint density at radius 2 is 2.36 bits per heavy atom. The zero-order valence-corrected chi connectivity index (χ0v) is 7.77. The van der Waals surface area contributed by atoms with Crippen LogP contribution in [0.25, 0.3) is 5.69 Å². The third-order valence-electron chi connectivity index (χ3n) is 1.90. The van der Waals surface area contributed by atoms with Gasteiger partial charge in [-0.05, 0) is 10.4 Å². The lowest BCUT2D eigenvalue weighted by Gasteiger charge is -2.14. The standard InChI is InChI=1S/C6H5N7S/c7-5-4-6(9-2-8-5)14-1-3-10-11-12-13(3)4/h2H,1H2,(H2,7,8,9). The van der Waals surface area contributed by atoms with E-state index in [4.69, 9.17) is 5.73 Å². The van der Waals surface area contributed by atoms with E-state index in [-0.39, 0.29) is 0 Å². The van der Waals surface area contributed by atoms with Crippen molar-refractivity contribution < 1.29 is 0 Å². The molecule has 0 aliphatic carbocycles. The summed E-state index contributed by atoms with van der Waals surface area (Å²) in [4.78, 5) is 8.02. The quantitative estimate of drug-likeness (QED) is 0.589. The van der Waals surface area contributed by atoms with Crippen molar-refractivity contribution in [2.45, 2.75) is 10.8 Å². The van der Waals surface area contributed by atoms with Crippen LogP contribution in [-0.2, 0) is 5.75 Å². The van der Waals surface area contributed by atoms with Crippen LogP contribution in [0.5, 0.6) is 0 Å². The van der Waals surface area contributed by atoms with Crippen LogP contribution in [0.15, 0.2) is 11.4 Å². The summed E-state index contributed by atoms with van der Waals surface area (Å²) in [7, 11) is 0. The Morgan fingerprint density at radius 1 is 1.43 bits per heavy atom. The van der Waals surface area contributed by atoms with Crippen LogP contribution in [0.1, 0.15) is 5.82 Å². The highest BCUT2D eigenvalue weighted by Gasteiger charge is 2.22. The molecule has 3 rings (SSSR count). The Morgan fingerprint density at radius 3 is 3.29 bits per heavy atom. The van der Waals surface area contributed by atoms with Gasteiger partial charge in [0, 0.05) is 0 Å². The van der Waals surface area contributed by atoms with Crippen molar-refractivity contribution in [3.05, 3.63) is 12.2 Å². The van der Waals surface area contributed by atoms with E-state index in [1.165, 1.54) is 6.33 Å². The van der Waals surface area contributed by atoms with E-state index >= 15 is 0 Å². The van der Waals surface area contributed by atoms with Crippen molar-refractivity contribution in [3.8, 4) is 5.69 Å². The topological polar surface area (TPSA) is 95.4 Å². The maximum absolute atomic E-state index is 5.73. The Labute approximate surface area is 82.7 Å². The number of fused-ring (bicyclic) bond motifs is 3. The smallest absolute Gasteiger partial charge is 0.167 e. The number of nitrogen functional groups attached to an aromatic ring is 1. The van der Waals surface area contributed by atoms with Crippen molar-refractivity contribution in [3.63, 3.8) is 0 Å². The summed E-state index contributed by atoms with van der Waals surface area (Å²) in [5.74, 6) is 1.87. The third kappa shape index (κ3) is 0.909. The number of thioether (sulfide) groups is 1. The van der Waals surface area contributed by atoms with E-state index in [0.717, 1.165) is 10.9 Å². The summed E-state index contributed by atoms with van der Waals surface area (Å²) in [6.07, 6.45) is 1.44. The summed E-state index contributed by atoms with van der Waals surface area (Å²) >= 11 is 1.56. The molecule has 0 fully saturated rings. The minimum atomic E-state index is 0.399. The van der Waals surface area contributed by atoms with Gasteiger partial charge in [-0.3, -0.25) is 0 Å². The fourth-order valence-electron chi connectivity index (χ4n) is 1.28. The molecule has 3 heterocycles. The Balaban J connectivity index is 2.34. The average Bonchev–Trinajstić information content (AvgIpc) is 2.65. The molecule has 0 saturated carbocycles. The fourth-order valence-corrected chi connectivity index (χ4v) is 2.18. The minimum Gasteiger partial charge on any atom is -0.382 e. The van der Waals surface area contributed by atoms with Crippen molar-refractivity contribution >= 4 is 17.6 Å². The first-order valence-electron chi connectivity index (χ1n) is 3.87. The fraction of sp³-hybridized carbons (Fsp3) is 0.167. The molecular formula is C6H5N7S. The molecule has 0 aromatic carbocycles. The molecule has 0 spiro atoms. The van der Waals surface area contributed by atoms with Crippen LogP contribution in [0.2, 0.25) is 0 Å². The molecule has 14 heavy (non-hydrogen) atoms. The van der Waals surface area contributed by atoms with E-state index < -0.39 is 0 Å². The van der Waals surface area contributed by atoms with Gasteiger partial charge in [-0.15, -0.1) is 5.10 Å². The maximum Gasteiger partial charge on any atom is 0.167 e. The second kappa shape index (κ2) is 2.64. The summed E-state index contributed by atoms with van der Waals surface area (Å²) in [6, 6.07) is 0. The van der Waals surface area contributed by atoms with E-state index in [2.05, 4.69) is 25.5 Å². The molecule has 2 aromatic rings. The molecule has 70 valence electrons. The van der Waals surface area contributed by atoms with Gasteiger partial charge in [0.05, 0.1) is 5.75 Å². The maximum atomic E-state index is 5.73. The van der Waals surface area contributed by atoms with Crippen molar-refractivity contribution in [2.24, 2.45) is 0 Å². The van der Waals surface area contributed by atoms with Crippen LogP contribution < -0.4 is 5.73 Å². The monoisotopic (exact) mass is 207 g/mol. The first-order valence-corrected chi connectivity index (χ1v) is 4.86. The van der Waals surface area contributed by atoms with Gasteiger partial charge >= 0.3 is 0 Å².